The Morgan fingerprint density at radius 2 is 1.77 bits per heavy atom. The monoisotopic (exact) mass is 501 g/mol. The summed E-state index contributed by atoms with van der Waals surface area (Å²) in [5.74, 6) is 0. The highest BCUT2D eigenvalue weighted by atomic mass is 35.5. The van der Waals surface area contributed by atoms with Gasteiger partial charge in [-0.1, -0.05) is 47.5 Å². The Morgan fingerprint density at radius 1 is 0.971 bits per heavy atom. The molecule has 1 aliphatic heterocycles. The zero-order valence-electron chi connectivity index (χ0n) is 18.9. The molecule has 6 rings (SSSR count). The van der Waals surface area contributed by atoms with Crippen molar-refractivity contribution in [3.63, 3.8) is 0 Å². The molecule has 0 aliphatic carbocycles. The van der Waals surface area contributed by atoms with Crippen LogP contribution in [0.2, 0.25) is 10.0 Å². The largest absolute Gasteiger partial charge is 0.374 e. The first kappa shape index (κ1) is 22.1. The molecular formula is C28H21Cl2N3O2. The molecule has 174 valence electrons. The van der Waals surface area contributed by atoms with E-state index in [9.17, 15) is 9.90 Å². The summed E-state index contributed by atoms with van der Waals surface area (Å²) in [6, 6.07) is 20.4. The molecule has 5 nitrogen and oxygen atoms in total. The lowest BCUT2D eigenvalue weighted by molar-refractivity contribution is 0.117. The van der Waals surface area contributed by atoms with Crippen LogP contribution in [0.15, 0.2) is 84.0 Å². The van der Waals surface area contributed by atoms with Crippen LogP contribution in [0, 0.1) is 0 Å². The molecule has 0 saturated carbocycles. The van der Waals surface area contributed by atoms with Crippen molar-refractivity contribution in [2.75, 3.05) is 0 Å². The van der Waals surface area contributed by atoms with Gasteiger partial charge in [0.15, 0.2) is 5.60 Å². The molecule has 1 aliphatic rings. The number of imidazole rings is 1. The molecule has 0 amide bonds. The van der Waals surface area contributed by atoms with Crippen molar-refractivity contribution >= 4 is 34.1 Å². The first-order chi connectivity index (χ1) is 16.9. The van der Waals surface area contributed by atoms with Crippen molar-refractivity contribution in [3.05, 3.63) is 122 Å². The van der Waals surface area contributed by atoms with E-state index in [4.69, 9.17) is 23.2 Å². The van der Waals surface area contributed by atoms with Gasteiger partial charge < -0.3 is 14.2 Å². The van der Waals surface area contributed by atoms with E-state index in [2.05, 4.69) is 4.98 Å². The Bertz CT molecular complexity index is 1670. The molecule has 2 aromatic heterocycles. The van der Waals surface area contributed by atoms with Crippen molar-refractivity contribution in [2.45, 2.75) is 18.6 Å². The van der Waals surface area contributed by atoms with Crippen molar-refractivity contribution in [1.29, 1.82) is 0 Å². The Hall–Kier alpha value is -3.38. The van der Waals surface area contributed by atoms with Crippen LogP contribution in [0.4, 0.5) is 0 Å². The minimum absolute atomic E-state index is 0.0430. The van der Waals surface area contributed by atoms with Crippen LogP contribution in [-0.2, 0) is 25.6 Å². The van der Waals surface area contributed by atoms with Gasteiger partial charge in [0.05, 0.1) is 23.7 Å². The van der Waals surface area contributed by atoms with E-state index in [1.54, 1.807) is 30.7 Å². The molecule has 7 heteroatoms. The predicted molar refractivity (Wildman–Crippen MR) is 139 cm³/mol. The predicted octanol–water partition coefficient (Wildman–Crippen LogP) is 5.55. The fourth-order valence-electron chi connectivity index (χ4n) is 5.22. The molecule has 35 heavy (non-hydrogen) atoms. The maximum atomic E-state index is 13.0. The van der Waals surface area contributed by atoms with E-state index in [1.807, 2.05) is 64.7 Å². The number of hydrogen-bond donors (Lipinski definition) is 1. The number of benzene rings is 3. The molecule has 0 radical (unpaired) electrons. The average Bonchev–Trinajstić information content (AvgIpc) is 3.48. The third-order valence-electron chi connectivity index (χ3n) is 6.89. The van der Waals surface area contributed by atoms with Gasteiger partial charge in [0.1, 0.15) is 0 Å². The van der Waals surface area contributed by atoms with Gasteiger partial charge >= 0.3 is 0 Å². The zero-order valence-corrected chi connectivity index (χ0v) is 20.4. The van der Waals surface area contributed by atoms with E-state index in [0.29, 0.717) is 39.8 Å². The second-order valence-corrected chi connectivity index (χ2v) is 9.82. The molecule has 1 unspecified atom stereocenters. The number of rotatable bonds is 4. The molecule has 0 spiro atoms. The number of aromatic nitrogens is 3. The number of hydrogen-bond acceptors (Lipinski definition) is 3. The number of aliphatic hydroxyl groups is 1. The normalized spacial score (nSPS) is 14.4. The molecular weight excluding hydrogens is 481 g/mol. The maximum absolute atomic E-state index is 13.0. The first-order valence-corrected chi connectivity index (χ1v) is 12.0. The summed E-state index contributed by atoms with van der Waals surface area (Å²) in [6.45, 7) is 0.606. The molecule has 1 atom stereocenters. The van der Waals surface area contributed by atoms with Crippen molar-refractivity contribution in [2.24, 2.45) is 7.05 Å². The minimum Gasteiger partial charge on any atom is -0.374 e. The summed E-state index contributed by atoms with van der Waals surface area (Å²) in [5, 5.41) is 14.5. The van der Waals surface area contributed by atoms with Crippen LogP contribution in [0.1, 0.15) is 22.4 Å². The average molecular weight is 502 g/mol. The van der Waals surface area contributed by atoms with Gasteiger partial charge in [-0.2, -0.15) is 0 Å². The molecule has 5 aromatic rings. The van der Waals surface area contributed by atoms with Gasteiger partial charge in [0.2, 0.25) is 0 Å². The summed E-state index contributed by atoms with van der Waals surface area (Å²) in [7, 11) is 1.86. The lowest BCUT2D eigenvalue weighted by Gasteiger charge is -2.30. The Kier molecular flexibility index (Phi) is 5.11. The van der Waals surface area contributed by atoms with Crippen LogP contribution in [0.3, 0.4) is 0 Å². The maximum Gasteiger partial charge on any atom is 0.251 e. The highest BCUT2D eigenvalue weighted by Gasteiger charge is 2.38. The van der Waals surface area contributed by atoms with E-state index in [0.717, 1.165) is 27.6 Å². The lowest BCUT2D eigenvalue weighted by Crippen LogP contribution is -2.31. The number of aryl methyl sites for hydroxylation is 3. The Morgan fingerprint density at radius 3 is 2.49 bits per heavy atom. The second kappa shape index (κ2) is 8.09. The minimum atomic E-state index is -1.49. The zero-order chi connectivity index (χ0) is 24.3. The summed E-state index contributed by atoms with van der Waals surface area (Å²) < 4.78 is 3.63. The summed E-state index contributed by atoms with van der Waals surface area (Å²) in [5.41, 5.74) is 4.03. The van der Waals surface area contributed by atoms with E-state index in [-0.39, 0.29) is 5.56 Å². The van der Waals surface area contributed by atoms with E-state index in [1.165, 1.54) is 0 Å². The van der Waals surface area contributed by atoms with Crippen molar-refractivity contribution < 1.29 is 5.11 Å². The van der Waals surface area contributed by atoms with Gasteiger partial charge in [-0.05, 0) is 70.6 Å². The van der Waals surface area contributed by atoms with Crippen LogP contribution < -0.4 is 5.56 Å². The summed E-state index contributed by atoms with van der Waals surface area (Å²) >= 11 is 12.5. The first-order valence-electron chi connectivity index (χ1n) is 11.3. The third-order valence-corrected chi connectivity index (χ3v) is 7.38. The molecule has 3 aromatic carbocycles. The quantitative estimate of drug-likeness (QED) is 0.351. The van der Waals surface area contributed by atoms with Gasteiger partial charge in [-0.3, -0.25) is 4.79 Å². The molecule has 0 fully saturated rings. The van der Waals surface area contributed by atoms with Crippen LogP contribution in [-0.4, -0.2) is 19.2 Å². The molecule has 1 N–H and O–H groups in total. The Balaban J connectivity index is 1.70. The third kappa shape index (κ3) is 3.42. The van der Waals surface area contributed by atoms with Crippen molar-refractivity contribution in [1.82, 2.24) is 14.1 Å². The van der Waals surface area contributed by atoms with E-state index < -0.39 is 5.60 Å². The summed E-state index contributed by atoms with van der Waals surface area (Å²) in [4.78, 5) is 17.3. The summed E-state index contributed by atoms with van der Waals surface area (Å²) in [6.07, 6.45) is 4.06. The fraction of sp³-hybridized carbons (Fsp3) is 0.143. The Labute approximate surface area is 211 Å². The molecule has 0 bridgehead atoms. The van der Waals surface area contributed by atoms with Gasteiger partial charge in [0, 0.05) is 35.1 Å². The van der Waals surface area contributed by atoms with Crippen molar-refractivity contribution in [3.8, 4) is 11.1 Å². The SMILES string of the molecule is Cn1cncc1C(O)(c1ccc(Cl)cc1)c1cc2c3c(c1)c(-c1cccc(Cl)c1)cc(=O)n3CC2. The molecule has 3 heterocycles. The van der Waals surface area contributed by atoms with E-state index >= 15 is 0 Å². The highest BCUT2D eigenvalue weighted by Crippen LogP contribution is 2.42. The number of halogens is 2. The molecule has 0 saturated heterocycles. The van der Waals surface area contributed by atoms with Gasteiger partial charge in [0.25, 0.3) is 5.56 Å². The number of pyridine rings is 1. The van der Waals surface area contributed by atoms with Crippen LogP contribution in [0.5, 0.6) is 0 Å². The van der Waals surface area contributed by atoms with Gasteiger partial charge in [-0.15, -0.1) is 0 Å². The van der Waals surface area contributed by atoms with Crippen LogP contribution >= 0.6 is 23.2 Å². The highest BCUT2D eigenvalue weighted by molar-refractivity contribution is 6.31. The topological polar surface area (TPSA) is 60.0 Å². The smallest absolute Gasteiger partial charge is 0.251 e. The number of nitrogens with zero attached hydrogens (tertiary/aromatic N) is 3. The van der Waals surface area contributed by atoms with Gasteiger partial charge in [-0.25, -0.2) is 4.98 Å². The standard InChI is InChI=1S/C28H21Cl2N3O2/c1-32-16-31-15-25(32)28(35,19-5-7-21(29)8-6-19)20-11-18-9-10-33-26(34)14-23(24(13-20)27(18)33)17-3-2-4-22(30)12-17/h2-8,11-16,35H,9-10H2,1H3. The second-order valence-electron chi connectivity index (χ2n) is 8.95. The van der Waals surface area contributed by atoms with Crippen LogP contribution in [0.25, 0.3) is 22.0 Å². The lowest BCUT2D eigenvalue weighted by atomic mass is 9.81. The fourth-order valence-corrected chi connectivity index (χ4v) is 5.53.